The number of nitrogens with zero attached hydrogens (tertiary/aromatic N) is 2. The van der Waals surface area contributed by atoms with Gasteiger partial charge in [-0.05, 0) is 82.0 Å². The number of sulfonamides is 1. The number of anilines is 1. The van der Waals surface area contributed by atoms with Crippen molar-refractivity contribution in [3.8, 4) is 0 Å². The number of carbonyl (C=O) groups excluding carboxylic acids is 2. The quantitative estimate of drug-likeness (QED) is 0.270. The van der Waals surface area contributed by atoms with Crippen LogP contribution in [0.2, 0.25) is 5.02 Å². The Bertz CT molecular complexity index is 1460. The largest absolute Gasteiger partial charge is 0.352 e. The van der Waals surface area contributed by atoms with Gasteiger partial charge in [0.15, 0.2) is 0 Å². The van der Waals surface area contributed by atoms with E-state index in [9.17, 15) is 18.0 Å². The van der Waals surface area contributed by atoms with Gasteiger partial charge in [0.25, 0.3) is 10.0 Å². The van der Waals surface area contributed by atoms with Crippen LogP contribution in [0, 0.1) is 20.8 Å². The Balaban J connectivity index is 2.09. The van der Waals surface area contributed by atoms with Crippen LogP contribution in [0.1, 0.15) is 55.9 Å². The molecule has 3 rings (SSSR count). The zero-order valence-electron chi connectivity index (χ0n) is 24.6. The Labute approximate surface area is 249 Å². The molecule has 0 spiro atoms. The molecule has 2 amide bonds. The lowest BCUT2D eigenvalue weighted by Gasteiger charge is -2.34. The number of carbonyl (C=O) groups is 2. The second-order valence-corrected chi connectivity index (χ2v) is 12.8. The molecule has 0 radical (unpaired) electrons. The molecule has 3 aromatic carbocycles. The summed E-state index contributed by atoms with van der Waals surface area (Å²) in [6.45, 7) is 11.0. The Hall–Kier alpha value is -3.36. The predicted octanol–water partition coefficient (Wildman–Crippen LogP) is 6.18. The SMILES string of the molecule is CC[C@H](C(=O)N[C@@H](C)CC)N(Cc1ccc(Cl)cc1)C(=O)CN(c1ccc(C)cc1C)S(=O)(=O)c1ccc(C)cc1. The topological polar surface area (TPSA) is 86.8 Å². The van der Waals surface area contributed by atoms with Crippen molar-refractivity contribution in [1.29, 1.82) is 0 Å². The number of nitrogens with one attached hydrogen (secondary N) is 1. The number of hydrogen-bond acceptors (Lipinski definition) is 4. The summed E-state index contributed by atoms with van der Waals surface area (Å²) in [5.41, 5.74) is 3.80. The van der Waals surface area contributed by atoms with Gasteiger partial charge in [-0.2, -0.15) is 0 Å². The van der Waals surface area contributed by atoms with E-state index in [0.717, 1.165) is 33.0 Å². The summed E-state index contributed by atoms with van der Waals surface area (Å²) in [6.07, 6.45) is 1.10. The number of benzene rings is 3. The number of hydrogen-bond donors (Lipinski definition) is 1. The third-order valence-electron chi connectivity index (χ3n) is 7.16. The van der Waals surface area contributed by atoms with Crippen LogP contribution in [0.4, 0.5) is 5.69 Å². The molecular formula is C32H40ClN3O4S. The molecule has 0 aliphatic carbocycles. The van der Waals surface area contributed by atoms with Gasteiger partial charge in [0.1, 0.15) is 12.6 Å². The fourth-order valence-corrected chi connectivity index (χ4v) is 6.19. The first-order valence-electron chi connectivity index (χ1n) is 13.9. The first kappa shape index (κ1) is 32.2. The summed E-state index contributed by atoms with van der Waals surface area (Å²) in [4.78, 5) is 29.1. The highest BCUT2D eigenvalue weighted by Gasteiger charge is 2.34. The van der Waals surface area contributed by atoms with E-state index >= 15 is 0 Å². The summed E-state index contributed by atoms with van der Waals surface area (Å²) >= 11 is 6.09. The second-order valence-electron chi connectivity index (χ2n) is 10.5. The van der Waals surface area contributed by atoms with E-state index in [1.807, 2.05) is 53.7 Å². The molecule has 0 bridgehead atoms. The van der Waals surface area contributed by atoms with E-state index in [4.69, 9.17) is 11.6 Å². The van der Waals surface area contributed by atoms with E-state index in [1.165, 1.54) is 4.90 Å². The second kappa shape index (κ2) is 14.0. The lowest BCUT2D eigenvalue weighted by atomic mass is 10.1. The number of rotatable bonds is 12. The van der Waals surface area contributed by atoms with Gasteiger partial charge in [0.05, 0.1) is 10.6 Å². The van der Waals surface area contributed by atoms with Crippen molar-refractivity contribution >= 4 is 39.1 Å². The number of amides is 2. The van der Waals surface area contributed by atoms with Crippen LogP contribution in [0.3, 0.4) is 0 Å². The van der Waals surface area contributed by atoms with Crippen LogP contribution in [-0.4, -0.2) is 43.8 Å². The molecular weight excluding hydrogens is 558 g/mol. The lowest BCUT2D eigenvalue weighted by Crippen LogP contribution is -2.53. The molecule has 0 heterocycles. The van der Waals surface area contributed by atoms with Gasteiger partial charge in [-0.25, -0.2) is 8.42 Å². The van der Waals surface area contributed by atoms with Crippen LogP contribution >= 0.6 is 11.6 Å². The molecule has 0 saturated carbocycles. The van der Waals surface area contributed by atoms with E-state index in [1.54, 1.807) is 54.6 Å². The van der Waals surface area contributed by atoms with Crippen molar-refractivity contribution < 1.29 is 18.0 Å². The van der Waals surface area contributed by atoms with Crippen molar-refractivity contribution in [2.75, 3.05) is 10.8 Å². The van der Waals surface area contributed by atoms with Crippen LogP contribution in [0.25, 0.3) is 0 Å². The maximum Gasteiger partial charge on any atom is 0.264 e. The fourth-order valence-electron chi connectivity index (χ4n) is 4.58. The molecule has 3 aromatic rings. The molecule has 0 aromatic heterocycles. The molecule has 7 nitrogen and oxygen atoms in total. The minimum Gasteiger partial charge on any atom is -0.352 e. The highest BCUT2D eigenvalue weighted by Crippen LogP contribution is 2.28. The van der Waals surface area contributed by atoms with Gasteiger partial charge in [-0.3, -0.25) is 13.9 Å². The van der Waals surface area contributed by atoms with Gasteiger partial charge in [-0.15, -0.1) is 0 Å². The molecule has 9 heteroatoms. The molecule has 0 fully saturated rings. The monoisotopic (exact) mass is 597 g/mol. The average Bonchev–Trinajstić information content (AvgIpc) is 2.93. The summed E-state index contributed by atoms with van der Waals surface area (Å²) in [5, 5.41) is 3.54. The smallest absolute Gasteiger partial charge is 0.264 e. The lowest BCUT2D eigenvalue weighted by molar-refractivity contribution is -0.140. The Morgan fingerprint density at radius 2 is 1.49 bits per heavy atom. The molecule has 0 aliphatic rings. The van der Waals surface area contributed by atoms with E-state index in [0.29, 0.717) is 17.1 Å². The Morgan fingerprint density at radius 3 is 2.05 bits per heavy atom. The van der Waals surface area contributed by atoms with Gasteiger partial charge >= 0.3 is 0 Å². The summed E-state index contributed by atoms with van der Waals surface area (Å²) < 4.78 is 29.3. The average molecular weight is 598 g/mol. The molecule has 0 aliphatic heterocycles. The molecule has 2 atom stereocenters. The maximum atomic E-state index is 14.2. The number of aryl methyl sites for hydroxylation is 3. The minimum absolute atomic E-state index is 0.0716. The van der Waals surface area contributed by atoms with Crippen LogP contribution in [0.15, 0.2) is 71.6 Å². The Morgan fingerprint density at radius 1 is 0.878 bits per heavy atom. The highest BCUT2D eigenvalue weighted by molar-refractivity contribution is 7.92. The molecule has 0 saturated heterocycles. The van der Waals surface area contributed by atoms with E-state index in [-0.39, 0.29) is 23.4 Å². The van der Waals surface area contributed by atoms with Gasteiger partial charge < -0.3 is 10.2 Å². The Kier molecular flexibility index (Phi) is 11.0. The standard InChI is InChI=1S/C32H40ClN3O4S/c1-7-25(6)34-32(38)29(8-2)35(20-26-12-14-27(33)15-13-26)31(37)21-36(30-18-11-23(4)19-24(30)5)41(39,40)28-16-9-22(3)10-17-28/h9-19,25,29H,7-8,20-21H2,1-6H3,(H,34,38)/t25-,29+/m0/s1. The maximum absolute atomic E-state index is 14.2. The van der Waals surface area contributed by atoms with E-state index in [2.05, 4.69) is 5.32 Å². The summed E-state index contributed by atoms with van der Waals surface area (Å²) in [5.74, 6) is -0.759. The normalized spacial score (nSPS) is 12.9. The van der Waals surface area contributed by atoms with Crippen molar-refractivity contribution in [3.63, 3.8) is 0 Å². The van der Waals surface area contributed by atoms with Crippen LogP contribution in [-0.2, 0) is 26.2 Å². The van der Waals surface area contributed by atoms with Crippen LogP contribution < -0.4 is 9.62 Å². The molecule has 0 unspecified atom stereocenters. The van der Waals surface area contributed by atoms with Crippen LogP contribution in [0.5, 0.6) is 0 Å². The van der Waals surface area contributed by atoms with E-state index < -0.39 is 28.5 Å². The van der Waals surface area contributed by atoms with Crippen molar-refractivity contribution in [3.05, 3.63) is 94.0 Å². The van der Waals surface area contributed by atoms with Crippen molar-refractivity contribution in [2.45, 2.75) is 77.9 Å². The third kappa shape index (κ3) is 8.11. The van der Waals surface area contributed by atoms with Gasteiger partial charge in [0, 0.05) is 17.6 Å². The fraction of sp³-hybridized carbons (Fsp3) is 0.375. The zero-order valence-corrected chi connectivity index (χ0v) is 26.2. The first-order valence-corrected chi connectivity index (χ1v) is 15.7. The van der Waals surface area contributed by atoms with Gasteiger partial charge in [0.2, 0.25) is 11.8 Å². The predicted molar refractivity (Wildman–Crippen MR) is 166 cm³/mol. The zero-order chi connectivity index (χ0) is 30.3. The number of halogens is 1. The minimum atomic E-state index is -4.12. The summed E-state index contributed by atoms with van der Waals surface area (Å²) in [6, 6.07) is 18.2. The molecule has 41 heavy (non-hydrogen) atoms. The highest BCUT2D eigenvalue weighted by atomic mass is 35.5. The summed E-state index contributed by atoms with van der Waals surface area (Å²) in [7, 11) is -4.12. The van der Waals surface area contributed by atoms with Crippen molar-refractivity contribution in [1.82, 2.24) is 10.2 Å². The molecule has 220 valence electrons. The first-order chi connectivity index (χ1) is 19.4. The van der Waals surface area contributed by atoms with Crippen molar-refractivity contribution in [2.24, 2.45) is 0 Å². The molecule has 1 N–H and O–H groups in total. The third-order valence-corrected chi connectivity index (χ3v) is 9.19. The van der Waals surface area contributed by atoms with Gasteiger partial charge in [-0.1, -0.05) is 73.0 Å².